The molecule has 1 rings (SSSR count). The summed E-state index contributed by atoms with van der Waals surface area (Å²) in [6, 6.07) is 0. The zero-order chi connectivity index (χ0) is 10.3. The van der Waals surface area contributed by atoms with Gasteiger partial charge in [-0.1, -0.05) is 6.92 Å². The second-order valence-electron chi connectivity index (χ2n) is 4.17. The molecule has 1 aliphatic carbocycles. The van der Waals surface area contributed by atoms with Gasteiger partial charge in [-0.05, 0) is 24.7 Å². The van der Waals surface area contributed by atoms with Gasteiger partial charge in [-0.15, -0.1) is 0 Å². The molecule has 1 saturated carbocycles. The Labute approximate surface area is 74.4 Å². The molecular formula is C8H13F3O2. The zero-order valence-electron chi connectivity index (χ0n) is 7.36. The normalized spacial score (nSPS) is 41.1. The van der Waals surface area contributed by atoms with Gasteiger partial charge >= 0.3 is 6.18 Å². The molecule has 0 aromatic heterocycles. The molecule has 0 amide bonds. The molecule has 2 N–H and O–H groups in total. The van der Waals surface area contributed by atoms with Crippen molar-refractivity contribution in [1.82, 2.24) is 0 Å². The van der Waals surface area contributed by atoms with E-state index in [-0.39, 0.29) is 19.4 Å². The molecule has 13 heavy (non-hydrogen) atoms. The maximum Gasteiger partial charge on any atom is 0.417 e. The number of hydrogen-bond acceptors (Lipinski definition) is 2. The van der Waals surface area contributed by atoms with Crippen molar-refractivity contribution in [2.45, 2.75) is 38.0 Å². The predicted molar refractivity (Wildman–Crippen MR) is 40.0 cm³/mol. The first-order valence-corrected chi connectivity index (χ1v) is 4.12. The fraction of sp³-hybridized carbons (Fsp3) is 1.00. The third-order valence-electron chi connectivity index (χ3n) is 2.77. The molecular weight excluding hydrogens is 185 g/mol. The van der Waals surface area contributed by atoms with Gasteiger partial charge in [0.25, 0.3) is 0 Å². The van der Waals surface area contributed by atoms with Crippen molar-refractivity contribution in [2.24, 2.45) is 5.41 Å². The average Bonchev–Trinajstić information content (AvgIpc) is 2.29. The van der Waals surface area contributed by atoms with Crippen LogP contribution in [0.2, 0.25) is 0 Å². The van der Waals surface area contributed by atoms with Crippen LogP contribution in [0, 0.1) is 5.41 Å². The Bertz CT molecular complexity index is 204. The largest absolute Gasteiger partial charge is 0.417 e. The van der Waals surface area contributed by atoms with Gasteiger partial charge in [-0.2, -0.15) is 13.2 Å². The second kappa shape index (κ2) is 2.85. The van der Waals surface area contributed by atoms with Gasteiger partial charge in [0, 0.05) is 6.61 Å². The Balaban J connectivity index is 2.78. The number of aliphatic hydroxyl groups excluding tert-OH is 1. The molecule has 0 saturated heterocycles. The van der Waals surface area contributed by atoms with Crippen LogP contribution in [-0.2, 0) is 0 Å². The molecule has 2 nitrogen and oxygen atoms in total. The highest BCUT2D eigenvalue weighted by atomic mass is 19.4. The highest BCUT2D eigenvalue weighted by Crippen LogP contribution is 2.50. The Morgan fingerprint density at radius 3 is 2.08 bits per heavy atom. The number of halogens is 3. The van der Waals surface area contributed by atoms with E-state index < -0.39 is 23.6 Å². The summed E-state index contributed by atoms with van der Waals surface area (Å²) >= 11 is 0. The van der Waals surface area contributed by atoms with Gasteiger partial charge in [-0.3, -0.25) is 0 Å². The predicted octanol–water partition coefficient (Wildman–Crippen LogP) is 1.46. The van der Waals surface area contributed by atoms with Gasteiger partial charge in [-0.25, -0.2) is 0 Å². The number of aliphatic hydroxyl groups is 2. The lowest BCUT2D eigenvalue weighted by molar-refractivity contribution is -0.260. The smallest absolute Gasteiger partial charge is 0.396 e. The topological polar surface area (TPSA) is 40.5 Å². The summed E-state index contributed by atoms with van der Waals surface area (Å²) in [5, 5.41) is 18.1. The van der Waals surface area contributed by atoms with Crippen molar-refractivity contribution in [3.8, 4) is 0 Å². The van der Waals surface area contributed by atoms with Crippen LogP contribution in [0.3, 0.4) is 0 Å². The highest BCUT2D eigenvalue weighted by molar-refractivity contribution is 4.99. The lowest BCUT2D eigenvalue weighted by Gasteiger charge is -2.28. The molecule has 0 aliphatic heterocycles. The number of alkyl halides is 3. The van der Waals surface area contributed by atoms with E-state index in [0.29, 0.717) is 0 Å². The van der Waals surface area contributed by atoms with Gasteiger partial charge < -0.3 is 10.2 Å². The van der Waals surface area contributed by atoms with Crippen LogP contribution in [0.4, 0.5) is 13.2 Å². The summed E-state index contributed by atoms with van der Waals surface area (Å²) in [7, 11) is 0. The van der Waals surface area contributed by atoms with Crippen LogP contribution >= 0.6 is 0 Å². The number of hydrogen-bond donors (Lipinski definition) is 2. The summed E-state index contributed by atoms with van der Waals surface area (Å²) in [5.74, 6) is 0. The van der Waals surface area contributed by atoms with Crippen LogP contribution in [0.15, 0.2) is 0 Å². The lowest BCUT2D eigenvalue weighted by atomic mass is 9.87. The summed E-state index contributed by atoms with van der Waals surface area (Å²) in [5.41, 5.74) is -3.38. The van der Waals surface area contributed by atoms with E-state index >= 15 is 0 Å². The van der Waals surface area contributed by atoms with E-state index in [9.17, 15) is 18.3 Å². The van der Waals surface area contributed by atoms with Gasteiger partial charge in [0.15, 0.2) is 5.60 Å². The van der Waals surface area contributed by atoms with Crippen LogP contribution in [0.1, 0.15) is 26.2 Å². The fourth-order valence-electron chi connectivity index (χ4n) is 1.77. The van der Waals surface area contributed by atoms with Gasteiger partial charge in [0.2, 0.25) is 0 Å². The molecule has 2 atom stereocenters. The summed E-state index contributed by atoms with van der Waals surface area (Å²) in [4.78, 5) is 0. The first-order valence-electron chi connectivity index (χ1n) is 4.12. The third kappa shape index (κ3) is 1.81. The molecule has 1 fully saturated rings. The monoisotopic (exact) mass is 198 g/mol. The minimum atomic E-state index is -4.58. The summed E-state index contributed by atoms with van der Waals surface area (Å²) in [6.07, 6.45) is -5.09. The second-order valence-corrected chi connectivity index (χ2v) is 4.17. The van der Waals surface area contributed by atoms with Crippen molar-refractivity contribution >= 4 is 0 Å². The maximum absolute atomic E-state index is 12.3. The van der Waals surface area contributed by atoms with Crippen LogP contribution in [0.25, 0.3) is 0 Å². The molecule has 0 radical (unpaired) electrons. The molecule has 0 aromatic rings. The minimum Gasteiger partial charge on any atom is -0.396 e. The molecule has 0 aromatic carbocycles. The minimum absolute atomic E-state index is 0.208. The molecule has 2 unspecified atom stereocenters. The average molecular weight is 198 g/mol. The lowest BCUT2D eigenvalue weighted by Crippen LogP contribution is -2.43. The molecule has 78 valence electrons. The maximum atomic E-state index is 12.3. The van der Waals surface area contributed by atoms with Crippen LogP contribution in [-0.4, -0.2) is 28.6 Å². The first kappa shape index (κ1) is 10.8. The standard InChI is InChI=1S/C8H13F3O2/c1-6(5-12)2-3-7(13,4-6)8(9,10)11/h12-13H,2-5H2,1H3. The van der Waals surface area contributed by atoms with Crippen LogP contribution < -0.4 is 0 Å². The first-order chi connectivity index (χ1) is 5.72. The van der Waals surface area contributed by atoms with E-state index in [4.69, 9.17) is 5.11 Å². The SMILES string of the molecule is CC1(CO)CCC(O)(C(F)(F)F)C1. The van der Waals surface area contributed by atoms with Crippen molar-refractivity contribution in [1.29, 1.82) is 0 Å². The summed E-state index contributed by atoms with van der Waals surface area (Å²) in [6.45, 7) is 1.24. The van der Waals surface area contributed by atoms with E-state index in [1.165, 1.54) is 0 Å². The van der Waals surface area contributed by atoms with E-state index in [1.54, 1.807) is 6.92 Å². The Morgan fingerprint density at radius 1 is 1.31 bits per heavy atom. The van der Waals surface area contributed by atoms with Gasteiger partial charge in [0.05, 0.1) is 0 Å². The third-order valence-corrected chi connectivity index (χ3v) is 2.77. The van der Waals surface area contributed by atoms with Crippen molar-refractivity contribution < 1.29 is 23.4 Å². The Hall–Kier alpha value is -0.290. The zero-order valence-corrected chi connectivity index (χ0v) is 7.36. The Morgan fingerprint density at radius 2 is 1.85 bits per heavy atom. The molecule has 0 bridgehead atoms. The van der Waals surface area contributed by atoms with Gasteiger partial charge in [0.1, 0.15) is 0 Å². The number of rotatable bonds is 1. The van der Waals surface area contributed by atoms with Crippen molar-refractivity contribution in [2.75, 3.05) is 6.61 Å². The quantitative estimate of drug-likeness (QED) is 0.669. The highest BCUT2D eigenvalue weighted by Gasteiger charge is 2.59. The molecule has 0 heterocycles. The van der Waals surface area contributed by atoms with Crippen LogP contribution in [0.5, 0.6) is 0 Å². The van der Waals surface area contributed by atoms with E-state index in [0.717, 1.165) is 0 Å². The van der Waals surface area contributed by atoms with Crippen molar-refractivity contribution in [3.63, 3.8) is 0 Å². The molecule has 1 aliphatic rings. The van der Waals surface area contributed by atoms with Crippen molar-refractivity contribution in [3.05, 3.63) is 0 Å². The fourth-order valence-corrected chi connectivity index (χ4v) is 1.77. The van der Waals surface area contributed by atoms with E-state index in [2.05, 4.69) is 0 Å². The molecule has 0 spiro atoms. The molecule has 5 heteroatoms. The van der Waals surface area contributed by atoms with E-state index in [1.807, 2.05) is 0 Å². The Kier molecular flexibility index (Phi) is 2.37. The summed E-state index contributed by atoms with van der Waals surface area (Å²) < 4.78 is 36.9.